The molecule has 62 valence electrons. The molecule has 2 rings (SSSR count). The Morgan fingerprint density at radius 3 is 2.82 bits per heavy atom. The van der Waals surface area contributed by atoms with Crippen molar-refractivity contribution in [3.8, 4) is 0 Å². The van der Waals surface area contributed by atoms with E-state index in [9.17, 15) is 4.79 Å². The van der Waals surface area contributed by atoms with Crippen molar-refractivity contribution in [3.05, 3.63) is 0 Å². The van der Waals surface area contributed by atoms with Gasteiger partial charge in [0.05, 0.1) is 5.92 Å². The average Bonchev–Trinajstić information content (AvgIpc) is 2.60. The van der Waals surface area contributed by atoms with E-state index in [-0.39, 0.29) is 5.92 Å². The number of hydrogen-bond donors (Lipinski definition) is 1. The highest BCUT2D eigenvalue weighted by Crippen LogP contribution is 2.49. The van der Waals surface area contributed by atoms with Gasteiger partial charge in [-0.1, -0.05) is 0 Å². The molecule has 0 aromatic heterocycles. The smallest absolute Gasteiger partial charge is 0.306 e. The van der Waals surface area contributed by atoms with Crippen LogP contribution in [0, 0.1) is 17.8 Å². The number of aliphatic carboxylic acids is 1. The Morgan fingerprint density at radius 2 is 2.36 bits per heavy atom. The van der Waals surface area contributed by atoms with Gasteiger partial charge in [-0.25, -0.2) is 0 Å². The van der Waals surface area contributed by atoms with Gasteiger partial charge in [-0.2, -0.15) is 11.8 Å². The van der Waals surface area contributed by atoms with Crippen molar-refractivity contribution in [2.75, 3.05) is 11.5 Å². The second kappa shape index (κ2) is 2.70. The first-order valence-corrected chi connectivity index (χ1v) is 5.25. The van der Waals surface area contributed by atoms with Crippen LogP contribution in [0.3, 0.4) is 0 Å². The van der Waals surface area contributed by atoms with Crippen LogP contribution in [-0.4, -0.2) is 22.6 Å². The Bertz CT molecular complexity index is 175. The van der Waals surface area contributed by atoms with Crippen molar-refractivity contribution in [2.45, 2.75) is 12.8 Å². The van der Waals surface area contributed by atoms with Gasteiger partial charge in [0.15, 0.2) is 0 Å². The van der Waals surface area contributed by atoms with Crippen LogP contribution in [-0.2, 0) is 4.79 Å². The minimum atomic E-state index is -0.577. The van der Waals surface area contributed by atoms with E-state index < -0.39 is 5.97 Å². The van der Waals surface area contributed by atoms with Crippen LogP contribution < -0.4 is 0 Å². The number of rotatable bonds is 2. The Hall–Kier alpha value is -0.180. The van der Waals surface area contributed by atoms with Crippen molar-refractivity contribution < 1.29 is 9.90 Å². The topological polar surface area (TPSA) is 37.3 Å². The molecule has 1 saturated carbocycles. The lowest BCUT2D eigenvalue weighted by Crippen LogP contribution is -2.07. The van der Waals surface area contributed by atoms with E-state index in [2.05, 4.69) is 0 Å². The molecular formula is C8H12O2S. The number of hydrogen-bond acceptors (Lipinski definition) is 2. The fourth-order valence-corrected chi connectivity index (χ4v) is 3.26. The summed E-state index contributed by atoms with van der Waals surface area (Å²) in [6, 6.07) is 0. The fourth-order valence-electron chi connectivity index (χ4n) is 1.91. The van der Waals surface area contributed by atoms with Crippen LogP contribution in [0.5, 0.6) is 0 Å². The standard InChI is InChI=1S/C8H12O2S/c9-8(10)7-3-6(7)5-1-2-11-4-5/h5-7H,1-4H2,(H,9,10). The highest BCUT2D eigenvalue weighted by molar-refractivity contribution is 7.99. The molecule has 0 amide bonds. The third kappa shape index (κ3) is 1.39. The lowest BCUT2D eigenvalue weighted by atomic mass is 10.0. The second-order valence-electron chi connectivity index (χ2n) is 3.47. The summed E-state index contributed by atoms with van der Waals surface area (Å²) >= 11 is 1.97. The Kier molecular flexibility index (Phi) is 1.83. The summed E-state index contributed by atoms with van der Waals surface area (Å²) in [5.74, 6) is 3.14. The van der Waals surface area contributed by atoms with E-state index in [1.165, 1.54) is 17.9 Å². The number of carboxylic acid groups (broad SMARTS) is 1. The first-order chi connectivity index (χ1) is 5.29. The SMILES string of the molecule is O=C(O)C1CC1C1CCSC1. The summed E-state index contributed by atoms with van der Waals surface area (Å²) in [6.07, 6.45) is 2.19. The predicted octanol–water partition coefficient (Wildman–Crippen LogP) is 1.46. The molecular weight excluding hydrogens is 160 g/mol. The molecule has 0 aromatic rings. The largest absolute Gasteiger partial charge is 0.481 e. The molecule has 0 aromatic carbocycles. The van der Waals surface area contributed by atoms with Crippen LogP contribution in [0.2, 0.25) is 0 Å². The molecule has 0 spiro atoms. The van der Waals surface area contributed by atoms with E-state index in [0.717, 1.165) is 12.3 Å². The zero-order valence-electron chi connectivity index (χ0n) is 6.32. The van der Waals surface area contributed by atoms with Gasteiger partial charge in [0.1, 0.15) is 0 Å². The first-order valence-electron chi connectivity index (χ1n) is 4.09. The molecule has 1 saturated heterocycles. The Labute approximate surface area is 70.4 Å². The van der Waals surface area contributed by atoms with E-state index >= 15 is 0 Å². The quantitative estimate of drug-likeness (QED) is 0.685. The summed E-state index contributed by atoms with van der Waals surface area (Å²) in [5.41, 5.74) is 0. The van der Waals surface area contributed by atoms with Crippen LogP contribution >= 0.6 is 11.8 Å². The molecule has 0 radical (unpaired) electrons. The summed E-state index contributed by atoms with van der Waals surface area (Å²) in [4.78, 5) is 10.5. The zero-order valence-corrected chi connectivity index (χ0v) is 7.14. The summed E-state index contributed by atoms with van der Waals surface area (Å²) in [6.45, 7) is 0. The van der Waals surface area contributed by atoms with Crippen molar-refractivity contribution in [3.63, 3.8) is 0 Å². The van der Waals surface area contributed by atoms with Crippen molar-refractivity contribution in [1.82, 2.24) is 0 Å². The Morgan fingerprint density at radius 1 is 1.55 bits per heavy atom. The molecule has 3 unspecified atom stereocenters. The maximum Gasteiger partial charge on any atom is 0.306 e. The fraction of sp³-hybridized carbons (Fsp3) is 0.875. The molecule has 2 fully saturated rings. The van der Waals surface area contributed by atoms with E-state index in [4.69, 9.17) is 5.11 Å². The minimum Gasteiger partial charge on any atom is -0.481 e. The van der Waals surface area contributed by atoms with Crippen molar-refractivity contribution >= 4 is 17.7 Å². The molecule has 1 N–H and O–H groups in total. The summed E-state index contributed by atoms with van der Waals surface area (Å²) in [7, 11) is 0. The highest BCUT2D eigenvalue weighted by Gasteiger charge is 2.48. The molecule has 3 heteroatoms. The predicted molar refractivity (Wildman–Crippen MR) is 44.7 cm³/mol. The third-order valence-corrected chi connectivity index (χ3v) is 3.92. The van der Waals surface area contributed by atoms with Gasteiger partial charge in [0.25, 0.3) is 0 Å². The van der Waals surface area contributed by atoms with Gasteiger partial charge in [0, 0.05) is 0 Å². The van der Waals surface area contributed by atoms with Gasteiger partial charge in [-0.05, 0) is 36.2 Å². The van der Waals surface area contributed by atoms with Gasteiger partial charge in [0.2, 0.25) is 0 Å². The van der Waals surface area contributed by atoms with Gasteiger partial charge >= 0.3 is 5.97 Å². The number of carbonyl (C=O) groups is 1. The maximum atomic E-state index is 10.5. The molecule has 2 nitrogen and oxygen atoms in total. The highest BCUT2D eigenvalue weighted by atomic mass is 32.2. The third-order valence-electron chi connectivity index (χ3n) is 2.73. The van der Waals surface area contributed by atoms with Crippen LogP contribution in [0.1, 0.15) is 12.8 Å². The van der Waals surface area contributed by atoms with Crippen LogP contribution in [0.15, 0.2) is 0 Å². The lowest BCUT2D eigenvalue weighted by Gasteiger charge is -2.03. The number of carboxylic acids is 1. The van der Waals surface area contributed by atoms with Crippen LogP contribution in [0.25, 0.3) is 0 Å². The molecule has 1 heterocycles. The molecule has 2 aliphatic rings. The summed E-state index contributed by atoms with van der Waals surface area (Å²) < 4.78 is 0. The summed E-state index contributed by atoms with van der Waals surface area (Å²) in [5, 5.41) is 8.68. The maximum absolute atomic E-state index is 10.5. The second-order valence-corrected chi connectivity index (χ2v) is 4.62. The Balaban J connectivity index is 1.85. The normalized spacial score (nSPS) is 42.4. The van der Waals surface area contributed by atoms with Crippen molar-refractivity contribution in [2.24, 2.45) is 17.8 Å². The lowest BCUT2D eigenvalue weighted by molar-refractivity contribution is -0.139. The van der Waals surface area contributed by atoms with E-state index in [0.29, 0.717) is 5.92 Å². The van der Waals surface area contributed by atoms with Gasteiger partial charge < -0.3 is 5.11 Å². The average molecular weight is 172 g/mol. The molecule has 0 bridgehead atoms. The number of thioether (sulfide) groups is 1. The van der Waals surface area contributed by atoms with Gasteiger partial charge in [-0.15, -0.1) is 0 Å². The first kappa shape index (κ1) is 7.47. The minimum absolute atomic E-state index is 0.0127. The molecule has 11 heavy (non-hydrogen) atoms. The van der Waals surface area contributed by atoms with Crippen molar-refractivity contribution in [1.29, 1.82) is 0 Å². The molecule has 1 aliphatic carbocycles. The molecule has 3 atom stereocenters. The van der Waals surface area contributed by atoms with E-state index in [1.54, 1.807) is 0 Å². The van der Waals surface area contributed by atoms with Crippen LogP contribution in [0.4, 0.5) is 0 Å². The van der Waals surface area contributed by atoms with Gasteiger partial charge in [-0.3, -0.25) is 4.79 Å². The van der Waals surface area contributed by atoms with E-state index in [1.807, 2.05) is 11.8 Å². The zero-order chi connectivity index (χ0) is 7.84. The monoisotopic (exact) mass is 172 g/mol. The molecule has 1 aliphatic heterocycles.